The van der Waals surface area contributed by atoms with Crippen LogP contribution in [-0.2, 0) is 14.3 Å². The number of benzene rings is 1. The highest BCUT2D eigenvalue weighted by molar-refractivity contribution is 5.76. The van der Waals surface area contributed by atoms with Gasteiger partial charge in [0.15, 0.2) is 6.10 Å². The second kappa shape index (κ2) is 28.8. The monoisotopic (exact) mass is 573 g/mol. The Labute approximate surface area is 255 Å². The van der Waals surface area contributed by atoms with Crippen molar-refractivity contribution in [3.63, 3.8) is 0 Å². The molecule has 0 fully saturated rings. The van der Waals surface area contributed by atoms with E-state index in [0.717, 1.165) is 31.2 Å². The first-order valence-corrected chi connectivity index (χ1v) is 18.0. The summed E-state index contributed by atoms with van der Waals surface area (Å²) in [6, 6.07) is 9.74. The molecule has 0 aliphatic carbocycles. The van der Waals surface area contributed by atoms with Crippen LogP contribution in [0.1, 0.15) is 192 Å². The Morgan fingerprint density at radius 3 is 1.22 bits per heavy atom. The predicted octanol–water partition coefficient (Wildman–Crippen LogP) is 12.5. The van der Waals surface area contributed by atoms with Crippen LogP contribution in [0.15, 0.2) is 30.3 Å². The topological polar surface area (TPSA) is 35.5 Å². The fraction of sp³-hybridized carbons (Fsp3) is 0.816. The molecule has 0 saturated heterocycles. The Bertz CT molecular complexity index is 673. The van der Waals surface area contributed by atoms with E-state index >= 15 is 0 Å². The highest BCUT2D eigenvalue weighted by Crippen LogP contribution is 2.23. The molecule has 238 valence electrons. The van der Waals surface area contributed by atoms with Crippen LogP contribution in [0, 0.1) is 0 Å². The highest BCUT2D eigenvalue weighted by Gasteiger charge is 2.24. The summed E-state index contributed by atoms with van der Waals surface area (Å²) in [6.45, 7) is 4.56. The fourth-order valence-corrected chi connectivity index (χ4v) is 5.91. The zero-order chi connectivity index (χ0) is 29.6. The molecule has 2 atom stereocenters. The van der Waals surface area contributed by atoms with Gasteiger partial charge in [-0.25, -0.2) is 4.79 Å². The Kier molecular flexibility index (Phi) is 26.4. The highest BCUT2D eigenvalue weighted by atomic mass is 16.6. The summed E-state index contributed by atoms with van der Waals surface area (Å²) in [7, 11) is 1.60. The van der Waals surface area contributed by atoms with Gasteiger partial charge in [0.1, 0.15) is 6.10 Å². The SMILES string of the molecule is CCCCCCCCCCCCCCCCCCC[C@@H](CCCCCCCCC)OC(=O)[C@H](OC)c1ccccc1. The van der Waals surface area contributed by atoms with E-state index in [-0.39, 0.29) is 12.1 Å². The van der Waals surface area contributed by atoms with Gasteiger partial charge in [0, 0.05) is 7.11 Å². The number of hydrogen-bond acceptors (Lipinski definition) is 3. The van der Waals surface area contributed by atoms with Gasteiger partial charge in [0.2, 0.25) is 0 Å². The van der Waals surface area contributed by atoms with E-state index in [1.807, 2.05) is 30.3 Å². The summed E-state index contributed by atoms with van der Waals surface area (Å²) in [5.74, 6) is -0.237. The summed E-state index contributed by atoms with van der Waals surface area (Å²) < 4.78 is 11.6. The molecule has 1 aromatic carbocycles. The predicted molar refractivity (Wildman–Crippen MR) is 177 cm³/mol. The number of carbonyl (C=O) groups excluding carboxylic acids is 1. The van der Waals surface area contributed by atoms with Crippen molar-refractivity contribution in [2.45, 2.75) is 193 Å². The van der Waals surface area contributed by atoms with E-state index in [9.17, 15) is 4.79 Å². The fourth-order valence-electron chi connectivity index (χ4n) is 5.91. The molecule has 0 heterocycles. The van der Waals surface area contributed by atoms with E-state index in [1.54, 1.807) is 7.11 Å². The van der Waals surface area contributed by atoms with Gasteiger partial charge >= 0.3 is 5.97 Å². The summed E-state index contributed by atoms with van der Waals surface area (Å²) in [4.78, 5) is 13.0. The molecule has 0 aliphatic heterocycles. The molecule has 0 unspecified atom stereocenters. The smallest absolute Gasteiger partial charge is 0.340 e. The molecular weight excluding hydrogens is 504 g/mol. The van der Waals surface area contributed by atoms with Gasteiger partial charge in [0.25, 0.3) is 0 Å². The quantitative estimate of drug-likeness (QED) is 0.0679. The van der Waals surface area contributed by atoms with Crippen molar-refractivity contribution in [1.29, 1.82) is 0 Å². The van der Waals surface area contributed by atoms with Crippen LogP contribution < -0.4 is 0 Å². The maximum atomic E-state index is 13.0. The van der Waals surface area contributed by atoms with Crippen LogP contribution in [-0.4, -0.2) is 19.2 Å². The van der Waals surface area contributed by atoms with Crippen molar-refractivity contribution in [3.05, 3.63) is 35.9 Å². The van der Waals surface area contributed by atoms with Crippen molar-refractivity contribution in [2.75, 3.05) is 7.11 Å². The summed E-state index contributed by atoms with van der Waals surface area (Å²) in [5, 5.41) is 0. The largest absolute Gasteiger partial charge is 0.460 e. The maximum absolute atomic E-state index is 13.0. The van der Waals surface area contributed by atoms with Gasteiger partial charge in [-0.2, -0.15) is 0 Å². The zero-order valence-corrected chi connectivity index (χ0v) is 27.7. The molecular formula is C38H68O3. The van der Waals surface area contributed by atoms with Gasteiger partial charge < -0.3 is 9.47 Å². The minimum absolute atomic E-state index is 0.0100. The lowest BCUT2D eigenvalue weighted by molar-refractivity contribution is -0.162. The van der Waals surface area contributed by atoms with E-state index in [1.165, 1.54) is 141 Å². The Morgan fingerprint density at radius 2 is 0.878 bits per heavy atom. The molecule has 3 heteroatoms. The molecule has 0 aromatic heterocycles. The lowest BCUT2D eigenvalue weighted by Gasteiger charge is -2.22. The third-order valence-corrected chi connectivity index (χ3v) is 8.59. The standard InChI is InChI=1S/C38H68O3/c1-4-6-8-10-12-13-14-15-16-17-18-19-20-21-23-25-30-34-36(33-29-24-22-11-9-7-5-2)41-38(39)37(40-3)35-31-27-26-28-32-35/h26-28,31-32,36-37H,4-25,29-30,33-34H2,1-3H3/t36-,37-/m1/s1. The van der Waals surface area contributed by atoms with E-state index in [0.29, 0.717) is 0 Å². The molecule has 1 rings (SSSR count). The lowest BCUT2D eigenvalue weighted by atomic mass is 10.0. The summed E-state index contributed by atoms with van der Waals surface area (Å²) >= 11 is 0. The van der Waals surface area contributed by atoms with Gasteiger partial charge in [-0.3, -0.25) is 0 Å². The number of ether oxygens (including phenoxy) is 2. The van der Waals surface area contributed by atoms with Gasteiger partial charge in [0.05, 0.1) is 0 Å². The lowest BCUT2D eigenvalue weighted by Crippen LogP contribution is -2.24. The number of esters is 1. The molecule has 0 bridgehead atoms. The molecule has 0 spiro atoms. The van der Waals surface area contributed by atoms with Crippen LogP contribution in [0.3, 0.4) is 0 Å². The Morgan fingerprint density at radius 1 is 0.537 bits per heavy atom. The van der Waals surface area contributed by atoms with Crippen LogP contribution in [0.4, 0.5) is 0 Å². The molecule has 0 saturated carbocycles. The molecule has 41 heavy (non-hydrogen) atoms. The molecule has 0 aliphatic rings. The third kappa shape index (κ3) is 21.9. The summed E-state index contributed by atoms with van der Waals surface area (Å²) in [5.41, 5.74) is 0.868. The first kappa shape index (κ1) is 37.7. The van der Waals surface area contributed by atoms with Gasteiger partial charge in [-0.05, 0) is 31.2 Å². The van der Waals surface area contributed by atoms with Crippen molar-refractivity contribution in [2.24, 2.45) is 0 Å². The second-order valence-corrected chi connectivity index (χ2v) is 12.4. The number of methoxy groups -OCH3 is 1. The van der Waals surface area contributed by atoms with E-state index in [2.05, 4.69) is 13.8 Å². The zero-order valence-electron chi connectivity index (χ0n) is 27.7. The molecule has 1 aromatic rings. The van der Waals surface area contributed by atoms with Crippen LogP contribution in [0.5, 0.6) is 0 Å². The minimum atomic E-state index is -0.636. The van der Waals surface area contributed by atoms with Crippen LogP contribution in [0.25, 0.3) is 0 Å². The number of unbranched alkanes of at least 4 members (excludes halogenated alkanes) is 22. The maximum Gasteiger partial charge on any atom is 0.340 e. The first-order valence-electron chi connectivity index (χ1n) is 18.0. The Hall–Kier alpha value is -1.35. The number of rotatable bonds is 30. The van der Waals surface area contributed by atoms with Gasteiger partial charge in [-0.1, -0.05) is 185 Å². The van der Waals surface area contributed by atoms with E-state index < -0.39 is 6.10 Å². The minimum Gasteiger partial charge on any atom is -0.460 e. The molecule has 0 radical (unpaired) electrons. The van der Waals surface area contributed by atoms with Crippen molar-refractivity contribution in [3.8, 4) is 0 Å². The van der Waals surface area contributed by atoms with Crippen molar-refractivity contribution < 1.29 is 14.3 Å². The van der Waals surface area contributed by atoms with E-state index in [4.69, 9.17) is 9.47 Å². The molecule has 0 amide bonds. The normalized spacial score (nSPS) is 12.9. The van der Waals surface area contributed by atoms with Crippen LogP contribution >= 0.6 is 0 Å². The average Bonchev–Trinajstić information content (AvgIpc) is 2.99. The average molecular weight is 573 g/mol. The van der Waals surface area contributed by atoms with Crippen LogP contribution in [0.2, 0.25) is 0 Å². The number of hydrogen-bond donors (Lipinski definition) is 0. The van der Waals surface area contributed by atoms with Gasteiger partial charge in [-0.15, -0.1) is 0 Å². The first-order chi connectivity index (χ1) is 20.2. The van der Waals surface area contributed by atoms with Crippen molar-refractivity contribution in [1.82, 2.24) is 0 Å². The third-order valence-electron chi connectivity index (χ3n) is 8.59. The summed E-state index contributed by atoms with van der Waals surface area (Å²) in [6.07, 6.45) is 33.8. The number of carbonyl (C=O) groups is 1. The second-order valence-electron chi connectivity index (χ2n) is 12.4. The van der Waals surface area contributed by atoms with Crippen molar-refractivity contribution >= 4 is 5.97 Å². The molecule has 0 N–H and O–H groups in total. The molecule has 3 nitrogen and oxygen atoms in total. The Balaban J connectivity index is 2.19.